The van der Waals surface area contributed by atoms with Gasteiger partial charge in [-0.05, 0) is 0 Å². The molecule has 0 saturated carbocycles. The van der Waals surface area contributed by atoms with E-state index in [0.29, 0.717) is 49.1 Å². The molecule has 0 aromatic rings. The number of aliphatic hydroxyl groups is 1. The molecule has 0 bridgehead atoms. The lowest BCUT2D eigenvalue weighted by Crippen LogP contribution is -2.29. The molecule has 6 aliphatic rings. The topological polar surface area (TPSA) is 103 Å². The SMILES string of the molecule is C.C.CC.CC1COC2C1OC[C@@H]2C.CC1COC2C1OC[C@H]2O.COC.COC.CO[C@@H]1COC2C(C)COC21. The maximum absolute atomic E-state index is 9.27. The van der Waals surface area contributed by atoms with Gasteiger partial charge in [-0.1, -0.05) is 56.4 Å². The molecule has 6 fully saturated rings. The number of rotatable bonds is 1. The van der Waals surface area contributed by atoms with E-state index in [9.17, 15) is 5.11 Å². The molecule has 250 valence electrons. The standard InChI is InChI=1S/C8H14O3.C8H14O2.C7H12O3.2C2H6O.C2H6.2CH4/c1-5-3-10-8-6(9-2)4-11-7(5)8;1-5-3-9-8-6(2)4-10-7(5)8;1-4-2-9-7-5(8)3-10-6(4)7;2*1-3-2;1-2;;/h5-8H,3-4H2,1-2H3;5-8H,3-4H2,1-2H3;4-8H,2-3H2,1H3;2*1-2H3;1-2H3;2*1H4/t5?,6-,7?,8?;5-,6?,7?,8?;4?,5-,6?,7?;;;;;/m101...../s1. The highest BCUT2D eigenvalue weighted by atomic mass is 16.6. The van der Waals surface area contributed by atoms with Crippen LogP contribution in [0.25, 0.3) is 0 Å². The van der Waals surface area contributed by atoms with Gasteiger partial charge in [0.1, 0.15) is 24.4 Å². The summed E-state index contributed by atoms with van der Waals surface area (Å²) in [6, 6.07) is 0. The summed E-state index contributed by atoms with van der Waals surface area (Å²) in [5.74, 6) is 2.19. The summed E-state index contributed by atoms with van der Waals surface area (Å²) in [5.41, 5.74) is 0. The van der Waals surface area contributed by atoms with Gasteiger partial charge < -0.3 is 47.7 Å². The van der Waals surface area contributed by atoms with Crippen molar-refractivity contribution in [2.45, 2.75) is 105 Å². The van der Waals surface area contributed by atoms with E-state index in [4.69, 9.17) is 33.2 Å². The zero-order valence-corrected chi connectivity index (χ0v) is 26.3. The van der Waals surface area contributed by atoms with Crippen LogP contribution in [0, 0.1) is 23.7 Å². The van der Waals surface area contributed by atoms with Crippen LogP contribution in [0.2, 0.25) is 0 Å². The fourth-order valence-electron chi connectivity index (χ4n) is 5.41. The first kappa shape index (κ1) is 42.7. The van der Waals surface area contributed by atoms with E-state index < -0.39 is 6.10 Å². The largest absolute Gasteiger partial charge is 0.388 e. The molecule has 9 unspecified atom stereocenters. The second kappa shape index (κ2) is 23.0. The maximum atomic E-state index is 9.27. The van der Waals surface area contributed by atoms with Crippen LogP contribution < -0.4 is 0 Å². The molecule has 1 N–H and O–H groups in total. The Morgan fingerprint density at radius 2 is 0.732 bits per heavy atom. The summed E-state index contributed by atoms with van der Waals surface area (Å²) >= 11 is 0. The van der Waals surface area contributed by atoms with E-state index in [-0.39, 0.29) is 45.4 Å². The van der Waals surface area contributed by atoms with E-state index in [2.05, 4.69) is 37.2 Å². The van der Waals surface area contributed by atoms with Crippen LogP contribution in [-0.2, 0) is 42.6 Å². The second-order valence-corrected chi connectivity index (χ2v) is 10.9. The molecule has 0 aromatic heterocycles. The molecule has 6 saturated heterocycles. The van der Waals surface area contributed by atoms with Gasteiger partial charge in [0.05, 0.1) is 64.1 Å². The highest BCUT2D eigenvalue weighted by Gasteiger charge is 2.46. The molecule has 6 aliphatic heterocycles. The van der Waals surface area contributed by atoms with Crippen molar-refractivity contribution in [2.75, 3.05) is 75.2 Å². The Morgan fingerprint density at radius 1 is 0.463 bits per heavy atom. The summed E-state index contributed by atoms with van der Waals surface area (Å²) in [5, 5.41) is 9.27. The van der Waals surface area contributed by atoms with E-state index in [1.807, 2.05) is 13.8 Å². The monoisotopic (exact) mass is 598 g/mol. The first-order valence-electron chi connectivity index (χ1n) is 14.4. The molecule has 10 nitrogen and oxygen atoms in total. The molecule has 0 amide bonds. The molecular weight excluding hydrogens is 532 g/mol. The smallest absolute Gasteiger partial charge is 0.112 e. The quantitative estimate of drug-likeness (QED) is 0.475. The van der Waals surface area contributed by atoms with Crippen LogP contribution in [0.1, 0.15) is 56.4 Å². The van der Waals surface area contributed by atoms with E-state index in [1.165, 1.54) is 0 Å². The average molecular weight is 599 g/mol. The molecule has 0 radical (unpaired) electrons. The molecule has 10 heteroatoms. The summed E-state index contributed by atoms with van der Waals surface area (Å²) < 4.78 is 46.6. The predicted molar refractivity (Wildman–Crippen MR) is 163 cm³/mol. The first-order valence-corrected chi connectivity index (χ1v) is 14.4. The molecule has 6 heterocycles. The van der Waals surface area contributed by atoms with Crippen molar-refractivity contribution in [3.63, 3.8) is 0 Å². The number of fused-ring (bicyclic) bond motifs is 3. The normalized spacial score (nSPS) is 40.4. The Balaban J connectivity index is 0. The predicted octanol–water partition coefficient (Wildman–Crippen LogP) is 4.10. The molecule has 0 aliphatic carbocycles. The van der Waals surface area contributed by atoms with Crippen LogP contribution in [0.5, 0.6) is 0 Å². The van der Waals surface area contributed by atoms with E-state index in [1.54, 1.807) is 35.5 Å². The van der Waals surface area contributed by atoms with Gasteiger partial charge in [0.25, 0.3) is 0 Å². The average Bonchev–Trinajstić information content (AvgIpc) is 3.76. The molecule has 0 spiro atoms. The van der Waals surface area contributed by atoms with Crippen molar-refractivity contribution in [1.82, 2.24) is 0 Å². The zero-order chi connectivity index (χ0) is 29.5. The number of methoxy groups -OCH3 is 3. The Hall–Kier alpha value is -0.400. The lowest BCUT2D eigenvalue weighted by atomic mass is 9.99. The summed E-state index contributed by atoms with van der Waals surface area (Å²) in [4.78, 5) is 0. The van der Waals surface area contributed by atoms with Crippen molar-refractivity contribution in [3.05, 3.63) is 0 Å². The summed E-state index contributed by atoms with van der Waals surface area (Å²) in [6.45, 7) is 17.1. The van der Waals surface area contributed by atoms with E-state index >= 15 is 0 Å². The zero-order valence-electron chi connectivity index (χ0n) is 26.3. The number of ether oxygens (including phenoxy) is 9. The third-order valence-electron chi connectivity index (χ3n) is 7.38. The minimum absolute atomic E-state index is 0. The van der Waals surface area contributed by atoms with E-state index in [0.717, 1.165) is 26.4 Å². The fraction of sp³-hybridized carbons (Fsp3) is 1.00. The minimum Gasteiger partial charge on any atom is -0.388 e. The van der Waals surface area contributed by atoms with Gasteiger partial charge in [-0.3, -0.25) is 0 Å². The minimum atomic E-state index is -0.394. The molecule has 12 atom stereocenters. The fourth-order valence-corrected chi connectivity index (χ4v) is 5.41. The third kappa shape index (κ3) is 12.3. The van der Waals surface area contributed by atoms with Gasteiger partial charge in [0.2, 0.25) is 0 Å². The maximum Gasteiger partial charge on any atom is 0.112 e. The molecule has 6 rings (SSSR count). The van der Waals surface area contributed by atoms with Crippen LogP contribution in [-0.4, -0.2) is 129 Å². The lowest BCUT2D eigenvalue weighted by Gasteiger charge is -2.13. The van der Waals surface area contributed by atoms with Crippen molar-refractivity contribution in [2.24, 2.45) is 23.7 Å². The van der Waals surface area contributed by atoms with Crippen molar-refractivity contribution >= 4 is 0 Å². The van der Waals surface area contributed by atoms with Crippen molar-refractivity contribution in [1.29, 1.82) is 0 Å². The van der Waals surface area contributed by atoms with Gasteiger partial charge in [-0.25, -0.2) is 0 Å². The van der Waals surface area contributed by atoms with Gasteiger partial charge in [-0.15, -0.1) is 0 Å². The number of aliphatic hydroxyl groups excluding tert-OH is 1. The number of hydrogen-bond acceptors (Lipinski definition) is 10. The lowest BCUT2D eigenvalue weighted by molar-refractivity contribution is -0.00878. The van der Waals surface area contributed by atoms with Crippen molar-refractivity contribution < 1.29 is 47.7 Å². The Bertz CT molecular complexity index is 545. The first-order chi connectivity index (χ1) is 18.7. The van der Waals surface area contributed by atoms with Crippen LogP contribution in [0.15, 0.2) is 0 Å². The second-order valence-electron chi connectivity index (χ2n) is 10.9. The van der Waals surface area contributed by atoms with Crippen LogP contribution >= 0.6 is 0 Å². The van der Waals surface area contributed by atoms with Gasteiger partial charge in [0.15, 0.2) is 0 Å². The van der Waals surface area contributed by atoms with Crippen LogP contribution in [0.4, 0.5) is 0 Å². The highest BCUT2D eigenvalue weighted by Crippen LogP contribution is 2.34. The number of hydrogen-bond donors (Lipinski definition) is 1. The van der Waals surface area contributed by atoms with Gasteiger partial charge >= 0.3 is 0 Å². The summed E-state index contributed by atoms with van der Waals surface area (Å²) in [7, 11) is 8.21. The molecule has 41 heavy (non-hydrogen) atoms. The van der Waals surface area contributed by atoms with Gasteiger partial charge in [0, 0.05) is 59.2 Å². The Morgan fingerprint density at radius 3 is 1.10 bits per heavy atom. The highest BCUT2D eigenvalue weighted by molar-refractivity contribution is 4.93. The Labute approximate surface area is 252 Å². The van der Waals surface area contributed by atoms with Gasteiger partial charge in [-0.2, -0.15) is 0 Å². The molecular formula is C31H66O10. The summed E-state index contributed by atoms with van der Waals surface area (Å²) in [6.07, 6.45) is 1.13. The Kier molecular flexibility index (Phi) is 24.0. The van der Waals surface area contributed by atoms with Crippen molar-refractivity contribution in [3.8, 4) is 0 Å². The molecule has 0 aromatic carbocycles. The van der Waals surface area contributed by atoms with Crippen LogP contribution in [0.3, 0.4) is 0 Å². The third-order valence-corrected chi connectivity index (χ3v) is 7.38.